The molecule has 0 aromatic rings. The molecule has 7 atom stereocenters. The van der Waals surface area contributed by atoms with E-state index in [0.717, 1.165) is 37.7 Å². The van der Waals surface area contributed by atoms with Crippen LogP contribution >= 0.6 is 0 Å². The minimum Gasteiger partial charge on any atom is -0.389 e. The molecule has 0 aliphatic heterocycles. The highest BCUT2D eigenvalue weighted by atomic mass is 16.3. The number of ketones is 2. The van der Waals surface area contributed by atoms with Crippen molar-refractivity contribution in [3.05, 3.63) is 11.6 Å². The summed E-state index contributed by atoms with van der Waals surface area (Å²) in [4.78, 5) is 24.3. The summed E-state index contributed by atoms with van der Waals surface area (Å²) in [5, 5.41) is 31.5. The van der Waals surface area contributed by atoms with Crippen LogP contribution in [-0.4, -0.2) is 44.7 Å². The molecule has 3 N–H and O–H groups in total. The lowest BCUT2D eigenvalue weighted by Crippen LogP contribution is -2.60. The van der Waals surface area contributed by atoms with E-state index in [1.165, 1.54) is 0 Å². The number of hydrogen-bond donors (Lipinski definition) is 3. The first-order valence-corrected chi connectivity index (χ1v) is 9.98. The molecule has 144 valence electrons. The van der Waals surface area contributed by atoms with Gasteiger partial charge in [-0.1, -0.05) is 12.5 Å². The smallest absolute Gasteiger partial charge is 0.189 e. The molecule has 26 heavy (non-hydrogen) atoms. The third-order valence-corrected chi connectivity index (χ3v) is 8.60. The van der Waals surface area contributed by atoms with Crippen LogP contribution in [0.5, 0.6) is 0 Å². The second-order valence-electron chi connectivity index (χ2n) is 9.49. The van der Waals surface area contributed by atoms with Gasteiger partial charge in [0.25, 0.3) is 0 Å². The predicted molar refractivity (Wildman–Crippen MR) is 95.1 cm³/mol. The average molecular weight is 362 g/mol. The molecule has 0 bridgehead atoms. The van der Waals surface area contributed by atoms with Gasteiger partial charge >= 0.3 is 0 Å². The van der Waals surface area contributed by atoms with Crippen LogP contribution < -0.4 is 0 Å². The van der Waals surface area contributed by atoms with Crippen LogP contribution in [0, 0.1) is 29.1 Å². The van der Waals surface area contributed by atoms with E-state index in [1.54, 1.807) is 13.0 Å². The van der Waals surface area contributed by atoms with Gasteiger partial charge in [-0.3, -0.25) is 9.59 Å². The second-order valence-corrected chi connectivity index (χ2v) is 9.49. The zero-order chi connectivity index (χ0) is 18.9. The topological polar surface area (TPSA) is 94.8 Å². The fraction of sp³-hybridized carbons (Fsp3) is 0.810. The second kappa shape index (κ2) is 5.73. The van der Waals surface area contributed by atoms with E-state index in [2.05, 4.69) is 6.92 Å². The Morgan fingerprint density at radius 3 is 2.46 bits per heavy atom. The molecule has 0 saturated heterocycles. The number of carbonyl (C=O) groups is 2. The van der Waals surface area contributed by atoms with Crippen molar-refractivity contribution in [2.45, 2.75) is 70.0 Å². The van der Waals surface area contributed by atoms with Crippen molar-refractivity contribution >= 4 is 11.6 Å². The number of aliphatic hydroxyl groups excluding tert-OH is 1. The van der Waals surface area contributed by atoms with Crippen molar-refractivity contribution in [2.75, 3.05) is 6.61 Å². The monoisotopic (exact) mass is 362 g/mol. The normalized spacial score (nSPS) is 50.5. The largest absolute Gasteiger partial charge is 0.389 e. The molecule has 4 rings (SSSR count). The Morgan fingerprint density at radius 1 is 1.12 bits per heavy atom. The van der Waals surface area contributed by atoms with Gasteiger partial charge < -0.3 is 15.3 Å². The summed E-state index contributed by atoms with van der Waals surface area (Å²) in [5.41, 5.74) is -1.78. The van der Waals surface area contributed by atoms with Gasteiger partial charge in [0.05, 0.1) is 5.60 Å². The van der Waals surface area contributed by atoms with E-state index in [-0.39, 0.29) is 30.0 Å². The lowest BCUT2D eigenvalue weighted by molar-refractivity contribution is -0.159. The van der Waals surface area contributed by atoms with Crippen molar-refractivity contribution in [2.24, 2.45) is 29.1 Å². The summed E-state index contributed by atoms with van der Waals surface area (Å²) in [6.45, 7) is 3.31. The third-order valence-electron chi connectivity index (χ3n) is 8.60. The fourth-order valence-corrected chi connectivity index (χ4v) is 7.14. The first kappa shape index (κ1) is 18.3. The summed E-state index contributed by atoms with van der Waals surface area (Å²) in [6.07, 6.45) is 6.47. The molecule has 5 nitrogen and oxygen atoms in total. The molecule has 0 radical (unpaired) electrons. The Labute approximate surface area is 154 Å². The molecule has 5 heteroatoms. The summed E-state index contributed by atoms with van der Waals surface area (Å²) in [7, 11) is 0. The van der Waals surface area contributed by atoms with Crippen molar-refractivity contribution < 1.29 is 24.9 Å². The maximum absolute atomic E-state index is 12.2. The minimum atomic E-state index is -1.38. The van der Waals surface area contributed by atoms with E-state index in [0.29, 0.717) is 12.3 Å². The third kappa shape index (κ3) is 2.20. The molecule has 0 spiro atoms. The number of hydrogen-bond acceptors (Lipinski definition) is 5. The molecule has 0 heterocycles. The van der Waals surface area contributed by atoms with Crippen molar-refractivity contribution in [1.29, 1.82) is 0 Å². The molecule has 0 amide bonds. The Morgan fingerprint density at radius 2 is 1.77 bits per heavy atom. The Bertz CT molecular complexity index is 680. The molecule has 7 unspecified atom stereocenters. The molecule has 3 fully saturated rings. The van der Waals surface area contributed by atoms with E-state index in [9.17, 15) is 24.9 Å². The van der Waals surface area contributed by atoms with E-state index in [1.807, 2.05) is 0 Å². The first-order valence-electron chi connectivity index (χ1n) is 9.98. The molecule has 0 aromatic carbocycles. The van der Waals surface area contributed by atoms with Crippen molar-refractivity contribution in [3.63, 3.8) is 0 Å². The number of aliphatic hydroxyl groups is 3. The number of fused-ring (bicyclic) bond motifs is 5. The van der Waals surface area contributed by atoms with Crippen molar-refractivity contribution in [3.8, 4) is 0 Å². The molecule has 4 aliphatic rings. The molecule has 0 aromatic heterocycles. The molecule has 3 saturated carbocycles. The summed E-state index contributed by atoms with van der Waals surface area (Å²) in [5.74, 6) is 0.336. The average Bonchev–Trinajstić information content (AvgIpc) is 2.93. The minimum absolute atomic E-state index is 0.0124. The first-order chi connectivity index (χ1) is 12.1. The summed E-state index contributed by atoms with van der Waals surface area (Å²) in [6, 6.07) is 0. The van der Waals surface area contributed by atoms with Crippen molar-refractivity contribution in [1.82, 2.24) is 0 Å². The van der Waals surface area contributed by atoms with Gasteiger partial charge in [-0.15, -0.1) is 0 Å². The van der Waals surface area contributed by atoms with Crippen LogP contribution in [0.1, 0.15) is 58.8 Å². The zero-order valence-corrected chi connectivity index (χ0v) is 15.7. The van der Waals surface area contributed by atoms with Gasteiger partial charge in [0.2, 0.25) is 0 Å². The number of rotatable bonds is 2. The Balaban J connectivity index is 1.69. The highest BCUT2D eigenvalue weighted by molar-refractivity contribution is 5.93. The van der Waals surface area contributed by atoms with Gasteiger partial charge in [-0.25, -0.2) is 0 Å². The van der Waals surface area contributed by atoms with E-state index in [4.69, 9.17) is 0 Å². The van der Waals surface area contributed by atoms with Gasteiger partial charge in [0.1, 0.15) is 12.2 Å². The maximum Gasteiger partial charge on any atom is 0.189 e. The van der Waals surface area contributed by atoms with Gasteiger partial charge in [-0.2, -0.15) is 0 Å². The van der Waals surface area contributed by atoms with E-state index < -0.39 is 29.0 Å². The van der Waals surface area contributed by atoms with Crippen LogP contribution in [0.4, 0.5) is 0 Å². The fourth-order valence-electron chi connectivity index (χ4n) is 7.14. The Kier molecular flexibility index (Phi) is 4.04. The van der Waals surface area contributed by atoms with Gasteiger partial charge in [0.15, 0.2) is 11.6 Å². The number of carbonyl (C=O) groups excluding carboxylic acids is 2. The molecular weight excluding hydrogens is 332 g/mol. The zero-order valence-electron chi connectivity index (χ0n) is 15.7. The highest BCUT2D eigenvalue weighted by Gasteiger charge is 2.63. The van der Waals surface area contributed by atoms with Crippen LogP contribution in [0.25, 0.3) is 0 Å². The SMILES string of the molecule is CC1(O)CC(=O)C=C2CCC3C4CCC(O)(C(=O)CO)C4CCC3C21C. The number of Topliss-reactive ketones (excluding diaryl/α,β-unsaturated/α-hetero) is 1. The lowest BCUT2D eigenvalue weighted by atomic mass is 9.45. The highest BCUT2D eigenvalue weighted by Crippen LogP contribution is 2.65. The maximum atomic E-state index is 12.2. The quantitative estimate of drug-likeness (QED) is 0.696. The Hall–Kier alpha value is -1.04. The van der Waals surface area contributed by atoms with Crippen LogP contribution in [-0.2, 0) is 9.59 Å². The van der Waals surface area contributed by atoms with Crippen LogP contribution in [0.15, 0.2) is 11.6 Å². The lowest BCUT2D eigenvalue weighted by Gasteiger charge is -2.60. The van der Waals surface area contributed by atoms with Gasteiger partial charge in [-0.05, 0) is 75.2 Å². The standard InChI is InChI=1S/C21H30O5/c1-19(25)10-13(23)9-12-3-4-14-15-7-8-21(26,18(24)11-22)17(15)6-5-16(14)20(12,19)2/h9,14-17,22,25-26H,3-8,10-11H2,1-2H3. The van der Waals surface area contributed by atoms with Crippen LogP contribution in [0.2, 0.25) is 0 Å². The predicted octanol–water partition coefficient (Wildman–Crippen LogP) is 1.78. The molecular formula is C21H30O5. The van der Waals surface area contributed by atoms with E-state index >= 15 is 0 Å². The van der Waals surface area contributed by atoms with Gasteiger partial charge in [0, 0.05) is 11.8 Å². The summed E-state index contributed by atoms with van der Waals surface area (Å²) >= 11 is 0. The van der Waals surface area contributed by atoms with Crippen LogP contribution in [0.3, 0.4) is 0 Å². The molecule has 4 aliphatic carbocycles. The summed E-state index contributed by atoms with van der Waals surface area (Å²) < 4.78 is 0.